The minimum Gasteiger partial charge on any atom is -0.322 e. The summed E-state index contributed by atoms with van der Waals surface area (Å²) in [5.74, 6) is -0.475. The lowest BCUT2D eigenvalue weighted by Crippen LogP contribution is -2.60. The van der Waals surface area contributed by atoms with Crippen LogP contribution in [-0.2, 0) is 4.79 Å². The molecule has 0 heterocycles. The van der Waals surface area contributed by atoms with E-state index in [1.165, 1.54) is 6.07 Å². The molecule has 2 aliphatic rings. The molecular formula is C14H17FN2O. The van der Waals surface area contributed by atoms with Crippen molar-refractivity contribution in [2.45, 2.75) is 43.7 Å². The van der Waals surface area contributed by atoms with Crippen LogP contribution in [0.25, 0.3) is 0 Å². The fourth-order valence-electron chi connectivity index (χ4n) is 2.39. The maximum atomic E-state index is 13.5. The van der Waals surface area contributed by atoms with E-state index in [9.17, 15) is 9.18 Å². The van der Waals surface area contributed by atoms with Gasteiger partial charge in [0.25, 0.3) is 0 Å². The summed E-state index contributed by atoms with van der Waals surface area (Å²) in [6.45, 7) is 0. The van der Waals surface area contributed by atoms with Crippen LogP contribution in [0.4, 0.5) is 10.1 Å². The first-order valence-electron chi connectivity index (χ1n) is 6.53. The van der Waals surface area contributed by atoms with Gasteiger partial charge in [-0.3, -0.25) is 4.79 Å². The molecule has 0 spiro atoms. The highest BCUT2D eigenvalue weighted by Gasteiger charge is 2.47. The van der Waals surface area contributed by atoms with Crippen molar-refractivity contribution in [1.29, 1.82) is 0 Å². The Morgan fingerprint density at radius 2 is 2.00 bits per heavy atom. The molecule has 0 atom stereocenters. The third-order valence-corrected chi connectivity index (χ3v) is 3.82. The van der Waals surface area contributed by atoms with Gasteiger partial charge in [-0.25, -0.2) is 4.39 Å². The summed E-state index contributed by atoms with van der Waals surface area (Å²) >= 11 is 0. The maximum absolute atomic E-state index is 13.5. The van der Waals surface area contributed by atoms with Gasteiger partial charge >= 0.3 is 0 Å². The van der Waals surface area contributed by atoms with Crippen molar-refractivity contribution in [3.05, 3.63) is 30.1 Å². The van der Waals surface area contributed by atoms with Gasteiger partial charge < -0.3 is 10.6 Å². The number of carbonyl (C=O) groups excluding carboxylic acids is 1. The van der Waals surface area contributed by atoms with E-state index in [0.717, 1.165) is 32.1 Å². The normalized spacial score (nSPS) is 21.2. The van der Waals surface area contributed by atoms with Gasteiger partial charge in [0.15, 0.2) is 0 Å². The van der Waals surface area contributed by atoms with Gasteiger partial charge in [0.05, 0.1) is 11.2 Å². The lowest BCUT2D eigenvalue weighted by molar-refractivity contribution is -0.125. The van der Waals surface area contributed by atoms with Gasteiger partial charge in [-0.05, 0) is 44.2 Å². The molecule has 3 nitrogen and oxygen atoms in total. The first-order valence-corrected chi connectivity index (χ1v) is 6.53. The number of amides is 1. The molecular weight excluding hydrogens is 231 g/mol. The number of benzene rings is 1. The molecule has 0 saturated heterocycles. The summed E-state index contributed by atoms with van der Waals surface area (Å²) in [7, 11) is 0. The molecule has 1 amide bonds. The molecule has 0 aromatic heterocycles. The molecule has 0 aliphatic heterocycles. The first kappa shape index (κ1) is 11.7. The summed E-state index contributed by atoms with van der Waals surface area (Å²) in [6.07, 6.45) is 5.06. The van der Waals surface area contributed by atoms with Gasteiger partial charge in [0.1, 0.15) is 5.82 Å². The monoisotopic (exact) mass is 248 g/mol. The molecule has 0 bridgehead atoms. The van der Waals surface area contributed by atoms with Crippen LogP contribution in [0.15, 0.2) is 24.3 Å². The molecule has 3 rings (SSSR count). The number of hydrogen-bond donors (Lipinski definition) is 2. The van der Waals surface area contributed by atoms with Crippen LogP contribution in [-0.4, -0.2) is 17.5 Å². The fourth-order valence-corrected chi connectivity index (χ4v) is 2.39. The zero-order valence-electron chi connectivity index (χ0n) is 10.2. The molecule has 18 heavy (non-hydrogen) atoms. The summed E-state index contributed by atoms with van der Waals surface area (Å²) in [5.41, 5.74) is -0.185. The van der Waals surface area contributed by atoms with E-state index in [2.05, 4.69) is 10.6 Å². The highest BCUT2D eigenvalue weighted by Crippen LogP contribution is 2.36. The number of hydrogen-bond acceptors (Lipinski definition) is 2. The second-order valence-corrected chi connectivity index (χ2v) is 5.29. The van der Waals surface area contributed by atoms with Crippen LogP contribution in [0.1, 0.15) is 32.1 Å². The third kappa shape index (κ3) is 2.12. The molecule has 2 N–H and O–H groups in total. The lowest BCUT2D eigenvalue weighted by atomic mass is 9.75. The minimum absolute atomic E-state index is 0.0919. The van der Waals surface area contributed by atoms with Crippen LogP contribution in [0, 0.1) is 5.82 Å². The van der Waals surface area contributed by atoms with Crippen molar-refractivity contribution in [3.63, 3.8) is 0 Å². The molecule has 2 aliphatic carbocycles. The largest absolute Gasteiger partial charge is 0.322 e. The van der Waals surface area contributed by atoms with Crippen molar-refractivity contribution < 1.29 is 9.18 Å². The molecule has 0 radical (unpaired) electrons. The Morgan fingerprint density at radius 1 is 1.28 bits per heavy atom. The Bertz CT molecular complexity index is 467. The predicted molar refractivity (Wildman–Crippen MR) is 67.8 cm³/mol. The van der Waals surface area contributed by atoms with E-state index in [4.69, 9.17) is 0 Å². The smallest absolute Gasteiger partial charge is 0.244 e. The van der Waals surface area contributed by atoms with Crippen molar-refractivity contribution in [2.24, 2.45) is 0 Å². The van der Waals surface area contributed by atoms with E-state index >= 15 is 0 Å². The number of carbonyl (C=O) groups is 1. The average Bonchev–Trinajstić information content (AvgIpc) is 3.10. The molecule has 2 saturated carbocycles. The minimum atomic E-state index is -0.455. The van der Waals surface area contributed by atoms with Gasteiger partial charge in [-0.1, -0.05) is 12.1 Å². The summed E-state index contributed by atoms with van der Waals surface area (Å²) in [5, 5.41) is 6.12. The average molecular weight is 248 g/mol. The topological polar surface area (TPSA) is 41.1 Å². The molecule has 0 unspecified atom stereocenters. The van der Waals surface area contributed by atoms with Crippen LogP contribution < -0.4 is 10.6 Å². The van der Waals surface area contributed by atoms with E-state index < -0.39 is 5.54 Å². The number of halogens is 1. The third-order valence-electron chi connectivity index (χ3n) is 3.82. The Balaban J connectivity index is 1.71. The summed E-state index contributed by atoms with van der Waals surface area (Å²) in [6, 6.07) is 6.78. The second kappa shape index (κ2) is 4.35. The Hall–Kier alpha value is -1.42. The van der Waals surface area contributed by atoms with Gasteiger partial charge in [0, 0.05) is 6.04 Å². The molecule has 1 aromatic carbocycles. The highest BCUT2D eigenvalue weighted by atomic mass is 19.1. The zero-order valence-corrected chi connectivity index (χ0v) is 10.2. The molecule has 1 aromatic rings. The lowest BCUT2D eigenvalue weighted by Gasteiger charge is -2.41. The van der Waals surface area contributed by atoms with Crippen LogP contribution in [0.5, 0.6) is 0 Å². The maximum Gasteiger partial charge on any atom is 0.244 e. The van der Waals surface area contributed by atoms with E-state index in [1.807, 2.05) is 0 Å². The standard InChI is InChI=1S/C14H17FN2O/c15-11-4-1-2-5-12(11)16-13(18)14(8-3-9-14)17-10-6-7-10/h1-2,4-5,10,17H,3,6-9H2,(H,16,18). The van der Waals surface area contributed by atoms with Crippen LogP contribution in [0.2, 0.25) is 0 Å². The van der Waals surface area contributed by atoms with Gasteiger partial charge in [0.2, 0.25) is 5.91 Å². The Morgan fingerprint density at radius 3 is 2.56 bits per heavy atom. The predicted octanol–water partition coefficient (Wildman–Crippen LogP) is 2.44. The fraction of sp³-hybridized carbons (Fsp3) is 0.500. The van der Waals surface area contributed by atoms with Gasteiger partial charge in [-0.15, -0.1) is 0 Å². The summed E-state index contributed by atoms with van der Waals surface area (Å²) < 4.78 is 13.5. The number of nitrogens with one attached hydrogen (secondary N) is 2. The van der Waals surface area contributed by atoms with Crippen LogP contribution >= 0.6 is 0 Å². The number of para-hydroxylation sites is 1. The number of anilines is 1. The zero-order chi connectivity index (χ0) is 12.6. The quantitative estimate of drug-likeness (QED) is 0.859. The molecule has 4 heteroatoms. The second-order valence-electron chi connectivity index (χ2n) is 5.29. The highest BCUT2D eigenvalue weighted by molar-refractivity contribution is 5.99. The summed E-state index contributed by atoms with van der Waals surface area (Å²) in [4.78, 5) is 12.3. The molecule has 2 fully saturated rings. The SMILES string of the molecule is O=C(Nc1ccccc1F)C1(NC2CC2)CCC1. The Kier molecular flexibility index (Phi) is 2.82. The van der Waals surface area contributed by atoms with Crippen molar-refractivity contribution in [1.82, 2.24) is 5.32 Å². The first-order chi connectivity index (χ1) is 8.70. The van der Waals surface area contributed by atoms with Crippen molar-refractivity contribution in [3.8, 4) is 0 Å². The van der Waals surface area contributed by atoms with Crippen molar-refractivity contribution >= 4 is 11.6 Å². The van der Waals surface area contributed by atoms with Crippen LogP contribution in [0.3, 0.4) is 0 Å². The van der Waals surface area contributed by atoms with Gasteiger partial charge in [-0.2, -0.15) is 0 Å². The van der Waals surface area contributed by atoms with E-state index in [0.29, 0.717) is 6.04 Å². The van der Waals surface area contributed by atoms with E-state index in [1.54, 1.807) is 18.2 Å². The van der Waals surface area contributed by atoms with Crippen molar-refractivity contribution in [2.75, 3.05) is 5.32 Å². The Labute approximate surface area is 106 Å². The molecule has 96 valence electrons. The van der Waals surface area contributed by atoms with E-state index in [-0.39, 0.29) is 17.4 Å². The number of rotatable bonds is 4.